The summed E-state index contributed by atoms with van der Waals surface area (Å²) in [7, 11) is 0. The van der Waals surface area contributed by atoms with Crippen molar-refractivity contribution < 1.29 is 19.2 Å². The zero-order chi connectivity index (χ0) is 25.0. The number of nitrogens with zero attached hydrogens (tertiary/aromatic N) is 4. The molecule has 1 aliphatic rings. The summed E-state index contributed by atoms with van der Waals surface area (Å²) in [5, 5.41) is 0. The van der Waals surface area contributed by atoms with E-state index in [0.29, 0.717) is 58.9 Å². The van der Waals surface area contributed by atoms with Crippen molar-refractivity contribution >= 4 is 23.5 Å². The summed E-state index contributed by atoms with van der Waals surface area (Å²) < 4.78 is 0. The molecule has 190 valence electrons. The average Bonchev–Trinajstić information content (AvgIpc) is 2.66. The Kier molecular flexibility index (Phi) is 12.5. The van der Waals surface area contributed by atoms with E-state index >= 15 is 0 Å². The average molecular weight is 470 g/mol. The highest BCUT2D eigenvalue weighted by Crippen LogP contribution is 2.15. The zero-order valence-corrected chi connectivity index (χ0v) is 20.6. The van der Waals surface area contributed by atoms with Crippen LogP contribution in [0.5, 0.6) is 0 Å². The van der Waals surface area contributed by atoms with Gasteiger partial charge in [-0.05, 0) is 39.0 Å². The van der Waals surface area contributed by atoms with Crippen LogP contribution in [-0.4, -0.2) is 122 Å². The second-order valence-electron chi connectivity index (χ2n) is 9.88. The van der Waals surface area contributed by atoms with Gasteiger partial charge in [-0.3, -0.25) is 38.8 Å². The first-order valence-corrected chi connectivity index (χ1v) is 11.6. The van der Waals surface area contributed by atoms with E-state index in [9.17, 15) is 19.2 Å². The second kappa shape index (κ2) is 14.2. The van der Waals surface area contributed by atoms with Crippen LogP contribution in [0.25, 0.3) is 0 Å². The van der Waals surface area contributed by atoms with Crippen LogP contribution in [0.3, 0.4) is 0 Å². The van der Waals surface area contributed by atoms with E-state index in [2.05, 4.69) is 4.90 Å². The van der Waals surface area contributed by atoms with E-state index < -0.39 is 23.1 Å². The van der Waals surface area contributed by atoms with E-state index in [-0.39, 0.29) is 25.4 Å². The Bertz CT molecular complexity index is 666. The van der Waals surface area contributed by atoms with Crippen LogP contribution < -0.4 is 17.2 Å². The molecule has 11 nitrogen and oxygen atoms in total. The molecular formula is C22H43N7O4. The fourth-order valence-corrected chi connectivity index (χ4v) is 3.78. The monoisotopic (exact) mass is 469 g/mol. The van der Waals surface area contributed by atoms with Crippen molar-refractivity contribution in [3.8, 4) is 0 Å². The molecule has 0 aliphatic carbocycles. The topological polar surface area (TPSA) is 159 Å². The number of Topliss-reactive ketones (excluding diaryl/α,β-unsaturated/α-hetero) is 1. The van der Waals surface area contributed by atoms with Gasteiger partial charge in [0.15, 0.2) is 5.78 Å². The molecule has 1 fully saturated rings. The minimum Gasteiger partial charge on any atom is -0.369 e. The van der Waals surface area contributed by atoms with E-state index in [4.69, 9.17) is 17.2 Å². The highest BCUT2D eigenvalue weighted by Gasteiger charge is 2.24. The molecule has 6 N–H and O–H groups in total. The number of carbonyl (C=O) groups excluding carboxylic acids is 4. The first-order chi connectivity index (χ1) is 15.4. The molecule has 0 atom stereocenters. The summed E-state index contributed by atoms with van der Waals surface area (Å²) in [4.78, 5) is 55.3. The number of hydrogen-bond donors (Lipinski definition) is 3. The van der Waals surface area contributed by atoms with E-state index in [1.54, 1.807) is 0 Å². The molecule has 11 heteroatoms. The van der Waals surface area contributed by atoms with Gasteiger partial charge in [-0.1, -0.05) is 20.8 Å². The summed E-state index contributed by atoms with van der Waals surface area (Å²) >= 11 is 0. The van der Waals surface area contributed by atoms with Gasteiger partial charge < -0.3 is 17.2 Å². The molecular weight excluding hydrogens is 426 g/mol. The van der Waals surface area contributed by atoms with Crippen LogP contribution in [-0.2, 0) is 19.2 Å². The largest absolute Gasteiger partial charge is 0.369 e. The minimum absolute atomic E-state index is 0.128. The summed E-state index contributed by atoms with van der Waals surface area (Å²) in [6, 6.07) is 0. The van der Waals surface area contributed by atoms with Crippen molar-refractivity contribution in [1.82, 2.24) is 19.6 Å². The van der Waals surface area contributed by atoms with Crippen molar-refractivity contribution in [2.75, 3.05) is 78.5 Å². The highest BCUT2D eigenvalue weighted by atomic mass is 16.2. The number of nitrogens with two attached hydrogens (primary N) is 3. The Hall–Kier alpha value is -2.08. The van der Waals surface area contributed by atoms with Gasteiger partial charge in [0.25, 0.3) is 0 Å². The molecule has 1 rings (SSSR count). The fraction of sp³-hybridized carbons (Fsp3) is 0.818. The lowest BCUT2D eigenvalue weighted by Gasteiger charge is -2.31. The van der Waals surface area contributed by atoms with Crippen LogP contribution in [0.2, 0.25) is 0 Å². The predicted octanol–water partition coefficient (Wildman–Crippen LogP) is -1.94. The van der Waals surface area contributed by atoms with Crippen molar-refractivity contribution in [2.45, 2.75) is 33.6 Å². The molecule has 1 saturated heterocycles. The van der Waals surface area contributed by atoms with E-state index in [0.717, 1.165) is 12.8 Å². The number of hydrogen-bond acceptors (Lipinski definition) is 8. The maximum absolute atomic E-state index is 12.7. The molecule has 1 heterocycles. The summed E-state index contributed by atoms with van der Waals surface area (Å²) in [5.41, 5.74) is 15.8. The predicted molar refractivity (Wildman–Crippen MR) is 127 cm³/mol. The maximum Gasteiger partial charge on any atom is 0.231 e. The van der Waals surface area contributed by atoms with Gasteiger partial charge in [0.2, 0.25) is 17.7 Å². The summed E-state index contributed by atoms with van der Waals surface area (Å²) in [6.07, 6.45) is 1.47. The minimum atomic E-state index is -0.437. The molecule has 0 aromatic rings. The second-order valence-corrected chi connectivity index (χ2v) is 9.88. The first-order valence-electron chi connectivity index (χ1n) is 11.6. The Morgan fingerprint density at radius 2 is 0.818 bits per heavy atom. The molecule has 0 radical (unpaired) electrons. The summed E-state index contributed by atoms with van der Waals surface area (Å²) in [5.74, 6) is -1.06. The van der Waals surface area contributed by atoms with E-state index in [1.807, 2.05) is 35.5 Å². The fourth-order valence-electron chi connectivity index (χ4n) is 3.78. The number of amides is 3. The molecule has 1 aliphatic heterocycles. The maximum atomic E-state index is 12.7. The van der Waals surface area contributed by atoms with E-state index in [1.165, 1.54) is 0 Å². The lowest BCUT2D eigenvalue weighted by molar-refractivity contribution is -0.127. The third-order valence-corrected chi connectivity index (χ3v) is 5.70. The molecule has 0 spiro atoms. The van der Waals surface area contributed by atoms with Gasteiger partial charge in [0, 0.05) is 31.6 Å². The van der Waals surface area contributed by atoms with Crippen LogP contribution in [0.4, 0.5) is 0 Å². The van der Waals surface area contributed by atoms with Crippen molar-refractivity contribution in [3.63, 3.8) is 0 Å². The third-order valence-electron chi connectivity index (χ3n) is 5.70. The number of primary amides is 3. The molecule has 0 saturated carbocycles. The standard InChI is InChI=1S/C22H43N7O4/c1-22(2,3)18(30)14-26-6-4-7-28(16-20(24)32)12-13-29(17-21(25)33)9-5-8-27(11-10-26)15-19(23)31/h4-17H2,1-3H3,(H2,23,31)(H2,24,32)(H2,25,33). The molecule has 3 amide bonds. The zero-order valence-electron chi connectivity index (χ0n) is 20.6. The van der Waals surface area contributed by atoms with Gasteiger partial charge in [0.05, 0.1) is 26.2 Å². The van der Waals surface area contributed by atoms with Gasteiger partial charge in [-0.15, -0.1) is 0 Å². The van der Waals surface area contributed by atoms with Crippen LogP contribution >= 0.6 is 0 Å². The third kappa shape index (κ3) is 13.3. The smallest absolute Gasteiger partial charge is 0.231 e. The number of rotatable bonds is 8. The molecule has 0 aromatic carbocycles. The first kappa shape index (κ1) is 29.0. The molecule has 33 heavy (non-hydrogen) atoms. The summed E-state index contributed by atoms with van der Waals surface area (Å²) in [6.45, 7) is 11.4. The van der Waals surface area contributed by atoms with Crippen LogP contribution in [0.15, 0.2) is 0 Å². The quantitative estimate of drug-likeness (QED) is 0.370. The van der Waals surface area contributed by atoms with Gasteiger partial charge >= 0.3 is 0 Å². The van der Waals surface area contributed by atoms with Crippen LogP contribution in [0, 0.1) is 5.41 Å². The Morgan fingerprint density at radius 1 is 0.545 bits per heavy atom. The number of ketones is 1. The van der Waals surface area contributed by atoms with Crippen molar-refractivity contribution in [1.29, 1.82) is 0 Å². The Balaban J connectivity index is 2.96. The van der Waals surface area contributed by atoms with Gasteiger partial charge in [-0.25, -0.2) is 0 Å². The Morgan fingerprint density at radius 3 is 1.06 bits per heavy atom. The van der Waals surface area contributed by atoms with Crippen molar-refractivity contribution in [2.24, 2.45) is 22.6 Å². The van der Waals surface area contributed by atoms with Crippen molar-refractivity contribution in [3.05, 3.63) is 0 Å². The Labute approximate surface area is 197 Å². The van der Waals surface area contributed by atoms with Gasteiger partial charge in [-0.2, -0.15) is 0 Å². The van der Waals surface area contributed by atoms with Gasteiger partial charge in [0.1, 0.15) is 0 Å². The lowest BCUT2D eigenvalue weighted by Crippen LogP contribution is -2.46. The highest BCUT2D eigenvalue weighted by molar-refractivity contribution is 5.85. The normalized spacial score (nSPS) is 19.6. The van der Waals surface area contributed by atoms with Crippen LogP contribution in [0.1, 0.15) is 33.6 Å². The number of carbonyl (C=O) groups is 4. The molecule has 0 aromatic heterocycles. The SMILES string of the molecule is CC(C)(C)C(=O)CN1CCCN(CC(N)=O)CCN(CC(N)=O)CCCN(CC(N)=O)CC1. The lowest BCUT2D eigenvalue weighted by atomic mass is 9.90. The molecule has 0 unspecified atom stereocenters. The molecule has 0 bridgehead atoms.